The third-order valence-electron chi connectivity index (χ3n) is 4.05. The Morgan fingerprint density at radius 1 is 1.24 bits per heavy atom. The summed E-state index contributed by atoms with van der Waals surface area (Å²) in [6.45, 7) is 5.53. The second-order valence-corrected chi connectivity index (χ2v) is 5.78. The Hall–Kier alpha value is -1.94. The van der Waals surface area contributed by atoms with Crippen molar-refractivity contribution < 1.29 is 0 Å². The van der Waals surface area contributed by atoms with Gasteiger partial charge in [-0.05, 0) is 25.3 Å². The molecule has 0 amide bonds. The zero-order valence-corrected chi connectivity index (χ0v) is 12.5. The van der Waals surface area contributed by atoms with E-state index in [1.54, 1.807) is 6.33 Å². The molecule has 0 bridgehead atoms. The summed E-state index contributed by atoms with van der Waals surface area (Å²) in [7, 11) is 0. The first kappa shape index (κ1) is 14.0. The zero-order valence-electron chi connectivity index (χ0n) is 12.5. The van der Waals surface area contributed by atoms with Gasteiger partial charge in [-0.25, -0.2) is 9.67 Å². The summed E-state index contributed by atoms with van der Waals surface area (Å²) in [5.74, 6) is 0. The van der Waals surface area contributed by atoms with Crippen molar-refractivity contribution in [3.05, 3.63) is 54.1 Å². The number of rotatable bonds is 4. The van der Waals surface area contributed by atoms with E-state index < -0.39 is 0 Å². The van der Waals surface area contributed by atoms with Gasteiger partial charge in [0.15, 0.2) is 0 Å². The lowest BCUT2D eigenvalue weighted by Gasteiger charge is -2.32. The largest absolute Gasteiger partial charge is 0.299 e. The third-order valence-corrected chi connectivity index (χ3v) is 4.05. The van der Waals surface area contributed by atoms with Crippen LogP contribution in [0.3, 0.4) is 0 Å². The maximum atomic E-state index is 4.26. The van der Waals surface area contributed by atoms with Crippen LogP contribution in [0.15, 0.2) is 48.6 Å². The number of hydrogen-bond acceptors (Lipinski definition) is 3. The van der Waals surface area contributed by atoms with Crippen LogP contribution in [0.1, 0.15) is 31.4 Å². The Balaban J connectivity index is 1.52. The second-order valence-electron chi connectivity index (χ2n) is 5.78. The summed E-state index contributed by atoms with van der Waals surface area (Å²) >= 11 is 0. The maximum Gasteiger partial charge on any atom is 0.137 e. The lowest BCUT2D eigenvalue weighted by Crippen LogP contribution is -2.35. The lowest BCUT2D eigenvalue weighted by atomic mass is 10.0. The SMILES string of the molecule is C/C(=C\c1ccccc1)CN1CCC(n2cncn2)CC1. The van der Waals surface area contributed by atoms with E-state index in [0.29, 0.717) is 6.04 Å². The molecule has 1 aliphatic rings. The second kappa shape index (κ2) is 6.68. The summed E-state index contributed by atoms with van der Waals surface area (Å²) in [6, 6.07) is 11.1. The number of aromatic nitrogens is 3. The monoisotopic (exact) mass is 282 g/mol. The van der Waals surface area contributed by atoms with Gasteiger partial charge in [-0.3, -0.25) is 4.90 Å². The smallest absolute Gasteiger partial charge is 0.137 e. The average molecular weight is 282 g/mol. The number of piperidine rings is 1. The standard InChI is InChI=1S/C17H22N4/c1-15(11-16-5-3-2-4-6-16)12-20-9-7-17(8-10-20)21-14-18-13-19-21/h2-6,11,13-14,17H,7-10,12H2,1H3/b15-11+. The molecule has 0 atom stereocenters. The summed E-state index contributed by atoms with van der Waals surface area (Å²) in [6.07, 6.45) is 8.05. The van der Waals surface area contributed by atoms with Crippen molar-refractivity contribution in [1.82, 2.24) is 19.7 Å². The lowest BCUT2D eigenvalue weighted by molar-refractivity contribution is 0.192. The Labute approximate surface area is 126 Å². The molecule has 0 radical (unpaired) electrons. The van der Waals surface area contributed by atoms with Crippen molar-refractivity contribution in [2.45, 2.75) is 25.8 Å². The molecule has 110 valence electrons. The predicted octanol–water partition coefficient (Wildman–Crippen LogP) is 3.02. The third kappa shape index (κ3) is 3.79. The van der Waals surface area contributed by atoms with Gasteiger partial charge in [0.05, 0.1) is 6.04 Å². The molecule has 2 aromatic rings. The molecule has 4 heteroatoms. The molecule has 1 fully saturated rings. The molecule has 0 N–H and O–H groups in total. The van der Waals surface area contributed by atoms with Crippen LogP contribution in [0.5, 0.6) is 0 Å². The van der Waals surface area contributed by atoms with E-state index in [-0.39, 0.29) is 0 Å². The fourth-order valence-corrected chi connectivity index (χ4v) is 2.98. The zero-order chi connectivity index (χ0) is 14.5. The molecule has 1 aromatic carbocycles. The van der Waals surface area contributed by atoms with Crippen LogP contribution in [0.2, 0.25) is 0 Å². The van der Waals surface area contributed by atoms with Crippen LogP contribution >= 0.6 is 0 Å². The van der Waals surface area contributed by atoms with Gasteiger partial charge in [0.2, 0.25) is 0 Å². The number of likely N-dealkylation sites (tertiary alicyclic amines) is 1. The van der Waals surface area contributed by atoms with Gasteiger partial charge in [0, 0.05) is 19.6 Å². The summed E-state index contributed by atoms with van der Waals surface area (Å²) in [5.41, 5.74) is 2.70. The first-order chi connectivity index (χ1) is 10.3. The Kier molecular flexibility index (Phi) is 4.46. The minimum atomic E-state index is 0.516. The van der Waals surface area contributed by atoms with Crippen molar-refractivity contribution in [3.63, 3.8) is 0 Å². The van der Waals surface area contributed by atoms with Gasteiger partial charge in [-0.15, -0.1) is 0 Å². The van der Waals surface area contributed by atoms with E-state index in [9.17, 15) is 0 Å². The normalized spacial score (nSPS) is 18.0. The molecule has 4 nitrogen and oxygen atoms in total. The minimum absolute atomic E-state index is 0.516. The van der Waals surface area contributed by atoms with Crippen molar-refractivity contribution in [3.8, 4) is 0 Å². The highest BCUT2D eigenvalue weighted by molar-refractivity contribution is 5.52. The molecule has 1 saturated heterocycles. The fraction of sp³-hybridized carbons (Fsp3) is 0.412. The molecule has 0 spiro atoms. The van der Waals surface area contributed by atoms with Crippen molar-refractivity contribution in [1.29, 1.82) is 0 Å². The average Bonchev–Trinajstić information content (AvgIpc) is 3.03. The van der Waals surface area contributed by atoms with Crippen LogP contribution < -0.4 is 0 Å². The van der Waals surface area contributed by atoms with Gasteiger partial charge in [-0.1, -0.05) is 42.0 Å². The van der Waals surface area contributed by atoms with Gasteiger partial charge in [0.1, 0.15) is 12.7 Å². The van der Waals surface area contributed by atoms with Crippen molar-refractivity contribution in [2.24, 2.45) is 0 Å². The van der Waals surface area contributed by atoms with Crippen LogP contribution in [0, 0.1) is 0 Å². The first-order valence-electron chi connectivity index (χ1n) is 7.60. The van der Waals surface area contributed by atoms with E-state index in [0.717, 1.165) is 32.5 Å². The number of nitrogens with zero attached hydrogens (tertiary/aromatic N) is 4. The summed E-state index contributed by atoms with van der Waals surface area (Å²) in [5, 5.41) is 4.26. The van der Waals surface area contributed by atoms with E-state index in [2.05, 4.69) is 58.3 Å². The molecule has 1 aromatic heterocycles. The van der Waals surface area contributed by atoms with Crippen molar-refractivity contribution >= 4 is 6.08 Å². The predicted molar refractivity (Wildman–Crippen MR) is 84.8 cm³/mol. The Bertz CT molecular complexity index is 566. The highest BCUT2D eigenvalue weighted by Crippen LogP contribution is 2.21. The van der Waals surface area contributed by atoms with E-state index >= 15 is 0 Å². The quantitative estimate of drug-likeness (QED) is 0.864. The van der Waals surface area contributed by atoms with Crippen LogP contribution in [0.4, 0.5) is 0 Å². The van der Waals surface area contributed by atoms with Crippen LogP contribution in [-0.4, -0.2) is 39.3 Å². The highest BCUT2D eigenvalue weighted by Gasteiger charge is 2.20. The van der Waals surface area contributed by atoms with Crippen LogP contribution in [0.25, 0.3) is 6.08 Å². The fourth-order valence-electron chi connectivity index (χ4n) is 2.98. The number of hydrogen-bond donors (Lipinski definition) is 0. The Morgan fingerprint density at radius 2 is 2.00 bits per heavy atom. The minimum Gasteiger partial charge on any atom is -0.299 e. The summed E-state index contributed by atoms with van der Waals surface area (Å²) < 4.78 is 2.00. The molecule has 1 aliphatic heterocycles. The van der Waals surface area contributed by atoms with Crippen LogP contribution in [-0.2, 0) is 0 Å². The maximum absolute atomic E-state index is 4.26. The first-order valence-corrected chi connectivity index (χ1v) is 7.60. The molecule has 21 heavy (non-hydrogen) atoms. The molecule has 2 heterocycles. The molecular formula is C17H22N4. The van der Waals surface area contributed by atoms with Gasteiger partial charge in [0.25, 0.3) is 0 Å². The Morgan fingerprint density at radius 3 is 2.67 bits per heavy atom. The van der Waals surface area contributed by atoms with E-state index in [1.165, 1.54) is 11.1 Å². The molecule has 0 aliphatic carbocycles. The van der Waals surface area contributed by atoms with Gasteiger partial charge >= 0.3 is 0 Å². The summed E-state index contributed by atoms with van der Waals surface area (Å²) in [4.78, 5) is 6.57. The molecule has 0 saturated carbocycles. The molecule has 3 rings (SSSR count). The van der Waals surface area contributed by atoms with E-state index in [4.69, 9.17) is 0 Å². The van der Waals surface area contributed by atoms with Gasteiger partial charge in [-0.2, -0.15) is 5.10 Å². The van der Waals surface area contributed by atoms with E-state index in [1.807, 2.05) is 11.0 Å². The van der Waals surface area contributed by atoms with Crippen molar-refractivity contribution in [2.75, 3.05) is 19.6 Å². The highest BCUT2D eigenvalue weighted by atomic mass is 15.3. The molecule has 0 unspecified atom stereocenters. The number of benzene rings is 1. The molecular weight excluding hydrogens is 260 g/mol. The topological polar surface area (TPSA) is 34.0 Å². The van der Waals surface area contributed by atoms with Gasteiger partial charge < -0.3 is 0 Å².